The smallest absolute Gasteiger partial charge is 0.334 e. The fraction of sp³-hybridized carbons (Fsp3) is 0.667. The molecule has 0 aliphatic carbocycles. The predicted octanol–water partition coefficient (Wildman–Crippen LogP) is -0.893. The van der Waals surface area contributed by atoms with Gasteiger partial charge in [-0.25, -0.2) is 4.79 Å². The minimum Gasteiger partial charge on any atom is -0.479 e. The lowest BCUT2D eigenvalue weighted by Gasteiger charge is -2.14. The second-order valence-corrected chi connectivity index (χ2v) is 4.56. The monoisotopic (exact) mass is 262 g/mol. The SMILES string of the molecule is O=C(CCN1CCSC1=O)NC[C@H](O)C(=O)O. The molecule has 17 heavy (non-hydrogen) atoms. The van der Waals surface area contributed by atoms with E-state index < -0.39 is 12.1 Å². The maximum absolute atomic E-state index is 11.3. The minimum absolute atomic E-state index is 0.0385. The number of hydrogen-bond acceptors (Lipinski definition) is 5. The van der Waals surface area contributed by atoms with E-state index in [0.717, 1.165) is 5.75 Å². The second-order valence-electron chi connectivity index (χ2n) is 3.51. The summed E-state index contributed by atoms with van der Waals surface area (Å²) in [6.45, 7) is 0.631. The quantitative estimate of drug-likeness (QED) is 0.573. The topological polar surface area (TPSA) is 107 Å². The molecule has 1 atom stereocenters. The fourth-order valence-corrected chi connectivity index (χ4v) is 2.10. The van der Waals surface area contributed by atoms with Crippen LogP contribution in [0.3, 0.4) is 0 Å². The Bertz CT molecular complexity index is 323. The van der Waals surface area contributed by atoms with Gasteiger partial charge in [-0.1, -0.05) is 11.8 Å². The van der Waals surface area contributed by atoms with Crippen molar-refractivity contribution in [1.82, 2.24) is 10.2 Å². The van der Waals surface area contributed by atoms with Gasteiger partial charge in [-0.15, -0.1) is 0 Å². The Hall–Kier alpha value is -1.28. The lowest BCUT2D eigenvalue weighted by molar-refractivity contribution is -0.146. The van der Waals surface area contributed by atoms with Crippen LogP contribution < -0.4 is 5.32 Å². The molecule has 7 nitrogen and oxygen atoms in total. The summed E-state index contributed by atoms with van der Waals surface area (Å²) >= 11 is 1.22. The number of thioether (sulfide) groups is 1. The molecule has 96 valence electrons. The van der Waals surface area contributed by atoms with E-state index >= 15 is 0 Å². The van der Waals surface area contributed by atoms with Crippen molar-refractivity contribution in [3.05, 3.63) is 0 Å². The molecule has 1 aliphatic rings. The normalized spacial score (nSPS) is 17.0. The third-order valence-corrected chi connectivity index (χ3v) is 3.12. The van der Waals surface area contributed by atoms with Crippen LogP contribution in [0.15, 0.2) is 0 Å². The number of aliphatic hydroxyl groups excluding tert-OH is 1. The van der Waals surface area contributed by atoms with Crippen molar-refractivity contribution in [1.29, 1.82) is 0 Å². The minimum atomic E-state index is -1.59. The number of nitrogens with one attached hydrogen (secondary N) is 1. The van der Waals surface area contributed by atoms with E-state index in [4.69, 9.17) is 10.2 Å². The lowest BCUT2D eigenvalue weighted by atomic mass is 10.3. The molecule has 0 aromatic heterocycles. The van der Waals surface area contributed by atoms with Gasteiger partial charge in [0.1, 0.15) is 0 Å². The molecule has 0 unspecified atom stereocenters. The molecule has 1 aliphatic heterocycles. The molecule has 0 aromatic rings. The summed E-state index contributed by atoms with van der Waals surface area (Å²) in [7, 11) is 0. The molecule has 1 saturated heterocycles. The number of carboxylic acid groups (broad SMARTS) is 1. The molecule has 3 N–H and O–H groups in total. The summed E-state index contributed by atoms with van der Waals surface area (Å²) in [5, 5.41) is 19.5. The Morgan fingerprint density at radius 3 is 2.76 bits per heavy atom. The summed E-state index contributed by atoms with van der Waals surface area (Å²) in [6.07, 6.45) is -1.48. The third kappa shape index (κ3) is 4.61. The highest BCUT2D eigenvalue weighted by atomic mass is 32.2. The van der Waals surface area contributed by atoms with Gasteiger partial charge < -0.3 is 20.4 Å². The number of carboxylic acids is 1. The Balaban J connectivity index is 2.17. The van der Waals surface area contributed by atoms with Crippen LogP contribution in [0.4, 0.5) is 4.79 Å². The highest BCUT2D eigenvalue weighted by Gasteiger charge is 2.21. The summed E-state index contributed by atoms with van der Waals surface area (Å²) in [5.41, 5.74) is 0. The molecule has 0 bridgehead atoms. The third-order valence-electron chi connectivity index (χ3n) is 2.23. The van der Waals surface area contributed by atoms with Crippen molar-refractivity contribution in [2.45, 2.75) is 12.5 Å². The number of rotatable bonds is 6. The number of amides is 2. The zero-order chi connectivity index (χ0) is 12.8. The summed E-state index contributed by atoms with van der Waals surface area (Å²) < 4.78 is 0. The molecule has 0 radical (unpaired) electrons. The Morgan fingerprint density at radius 1 is 1.53 bits per heavy atom. The molecule has 1 rings (SSSR count). The van der Waals surface area contributed by atoms with Crippen LogP contribution in [0.2, 0.25) is 0 Å². The van der Waals surface area contributed by atoms with Gasteiger partial charge in [-0.2, -0.15) is 0 Å². The molecule has 0 spiro atoms. The Kier molecular flexibility index (Phi) is 5.23. The molecular formula is C9H14N2O5S. The van der Waals surface area contributed by atoms with Gasteiger partial charge in [0.25, 0.3) is 5.24 Å². The molecule has 2 amide bonds. The highest BCUT2D eigenvalue weighted by Crippen LogP contribution is 2.16. The van der Waals surface area contributed by atoms with Gasteiger partial charge in [0.05, 0.1) is 6.54 Å². The number of aliphatic carboxylic acids is 1. The number of aliphatic hydroxyl groups is 1. The first-order chi connectivity index (χ1) is 8.00. The number of carbonyl (C=O) groups excluding carboxylic acids is 2. The van der Waals surface area contributed by atoms with E-state index in [-0.39, 0.29) is 24.1 Å². The van der Waals surface area contributed by atoms with E-state index in [0.29, 0.717) is 13.1 Å². The van der Waals surface area contributed by atoms with E-state index in [1.165, 1.54) is 11.8 Å². The Labute approximate surface area is 102 Å². The first-order valence-electron chi connectivity index (χ1n) is 5.10. The van der Waals surface area contributed by atoms with Gasteiger partial charge in [-0.05, 0) is 0 Å². The van der Waals surface area contributed by atoms with E-state index in [2.05, 4.69) is 5.32 Å². The number of hydrogen-bond donors (Lipinski definition) is 3. The van der Waals surface area contributed by atoms with Crippen LogP contribution in [-0.4, -0.2) is 63.7 Å². The largest absolute Gasteiger partial charge is 0.479 e. The molecule has 0 aromatic carbocycles. The number of nitrogens with zero attached hydrogens (tertiary/aromatic N) is 1. The van der Waals surface area contributed by atoms with Crippen molar-refractivity contribution in [3.63, 3.8) is 0 Å². The molecule has 1 heterocycles. The lowest BCUT2D eigenvalue weighted by Crippen LogP contribution is -2.38. The van der Waals surface area contributed by atoms with Gasteiger partial charge in [-0.3, -0.25) is 9.59 Å². The zero-order valence-corrected chi connectivity index (χ0v) is 9.90. The van der Waals surface area contributed by atoms with Crippen LogP contribution in [0.25, 0.3) is 0 Å². The summed E-state index contributed by atoms with van der Waals surface area (Å²) in [4.78, 5) is 34.3. The first-order valence-corrected chi connectivity index (χ1v) is 6.08. The predicted molar refractivity (Wildman–Crippen MR) is 60.7 cm³/mol. The van der Waals surface area contributed by atoms with Crippen LogP contribution in [0.1, 0.15) is 6.42 Å². The molecule has 0 saturated carbocycles. The number of carbonyl (C=O) groups is 3. The zero-order valence-electron chi connectivity index (χ0n) is 9.09. The maximum Gasteiger partial charge on any atom is 0.334 e. The maximum atomic E-state index is 11.3. The van der Waals surface area contributed by atoms with Crippen molar-refractivity contribution in [2.24, 2.45) is 0 Å². The van der Waals surface area contributed by atoms with E-state index in [1.54, 1.807) is 4.90 Å². The van der Waals surface area contributed by atoms with E-state index in [1.807, 2.05) is 0 Å². The average Bonchev–Trinajstić information content (AvgIpc) is 2.68. The van der Waals surface area contributed by atoms with Crippen molar-refractivity contribution in [2.75, 3.05) is 25.4 Å². The van der Waals surface area contributed by atoms with Crippen molar-refractivity contribution >= 4 is 28.9 Å². The molecule has 1 fully saturated rings. The van der Waals surface area contributed by atoms with Gasteiger partial charge >= 0.3 is 5.97 Å². The highest BCUT2D eigenvalue weighted by molar-refractivity contribution is 8.13. The molecular weight excluding hydrogens is 248 g/mol. The second kappa shape index (κ2) is 6.45. The van der Waals surface area contributed by atoms with Gasteiger partial charge in [0.2, 0.25) is 5.91 Å². The summed E-state index contributed by atoms with van der Waals surface area (Å²) in [5.74, 6) is -1.02. The standard InChI is InChI=1S/C9H14N2O5S/c12-6(8(14)15)5-10-7(13)1-2-11-3-4-17-9(11)16/h6,12H,1-5H2,(H,10,13)(H,14,15)/t6-/m0/s1. The van der Waals surface area contributed by atoms with Gasteiger partial charge in [0, 0.05) is 25.3 Å². The average molecular weight is 262 g/mol. The fourth-order valence-electron chi connectivity index (χ4n) is 1.25. The van der Waals surface area contributed by atoms with Crippen molar-refractivity contribution in [3.8, 4) is 0 Å². The first kappa shape index (κ1) is 13.8. The van der Waals surface area contributed by atoms with Crippen molar-refractivity contribution < 1.29 is 24.6 Å². The van der Waals surface area contributed by atoms with Crippen LogP contribution >= 0.6 is 11.8 Å². The van der Waals surface area contributed by atoms with Crippen LogP contribution in [0, 0.1) is 0 Å². The van der Waals surface area contributed by atoms with Crippen LogP contribution in [0.5, 0.6) is 0 Å². The van der Waals surface area contributed by atoms with Gasteiger partial charge in [0.15, 0.2) is 6.10 Å². The van der Waals surface area contributed by atoms with Crippen LogP contribution in [-0.2, 0) is 9.59 Å². The van der Waals surface area contributed by atoms with E-state index in [9.17, 15) is 14.4 Å². The Morgan fingerprint density at radius 2 is 2.24 bits per heavy atom. The summed E-state index contributed by atoms with van der Waals surface area (Å²) in [6, 6.07) is 0. The molecule has 8 heteroatoms.